The zero-order valence-electron chi connectivity index (χ0n) is 8.25. The first-order valence-corrected chi connectivity index (χ1v) is 6.03. The standard InChI is InChI=1S/C10H16BrN3/c11-9-7-13-14(10(9)12)6-5-8-3-1-2-4-8/h7-8H,1-6,12H2. The number of aryl methyl sites for hydroxylation is 1. The van der Waals surface area contributed by atoms with Gasteiger partial charge in [-0.1, -0.05) is 25.7 Å². The Morgan fingerprint density at radius 3 is 2.79 bits per heavy atom. The number of rotatable bonds is 3. The molecule has 0 atom stereocenters. The molecule has 0 radical (unpaired) electrons. The Bertz CT molecular complexity index is 302. The molecule has 1 heterocycles. The number of aromatic nitrogens is 2. The molecule has 1 aliphatic rings. The van der Waals surface area contributed by atoms with Gasteiger partial charge in [0.15, 0.2) is 0 Å². The molecule has 0 spiro atoms. The highest BCUT2D eigenvalue weighted by Crippen LogP contribution is 2.28. The molecule has 1 aromatic rings. The molecule has 0 unspecified atom stereocenters. The van der Waals surface area contributed by atoms with Gasteiger partial charge >= 0.3 is 0 Å². The lowest BCUT2D eigenvalue weighted by Gasteiger charge is -2.09. The summed E-state index contributed by atoms with van der Waals surface area (Å²) >= 11 is 3.36. The molecule has 1 fully saturated rings. The Morgan fingerprint density at radius 2 is 2.21 bits per heavy atom. The third kappa shape index (κ3) is 2.11. The Balaban J connectivity index is 1.88. The highest BCUT2D eigenvalue weighted by atomic mass is 79.9. The summed E-state index contributed by atoms with van der Waals surface area (Å²) in [6.45, 7) is 0.960. The van der Waals surface area contributed by atoms with E-state index in [4.69, 9.17) is 5.73 Å². The van der Waals surface area contributed by atoms with Crippen LogP contribution in [0, 0.1) is 5.92 Å². The first-order chi connectivity index (χ1) is 6.77. The normalized spacial score (nSPS) is 17.8. The molecule has 1 saturated carbocycles. The first kappa shape index (κ1) is 10.0. The van der Waals surface area contributed by atoms with Crippen LogP contribution in [0.5, 0.6) is 0 Å². The Labute approximate surface area is 92.8 Å². The van der Waals surface area contributed by atoms with E-state index in [-0.39, 0.29) is 0 Å². The van der Waals surface area contributed by atoms with Gasteiger partial charge in [-0.25, -0.2) is 4.68 Å². The van der Waals surface area contributed by atoms with E-state index in [1.54, 1.807) is 6.20 Å². The second-order valence-corrected chi connectivity index (χ2v) is 4.89. The van der Waals surface area contributed by atoms with Crippen molar-refractivity contribution in [1.29, 1.82) is 0 Å². The molecule has 1 aliphatic carbocycles. The maximum absolute atomic E-state index is 5.84. The molecule has 0 aromatic carbocycles. The van der Waals surface area contributed by atoms with Crippen molar-refractivity contribution >= 4 is 21.7 Å². The molecule has 14 heavy (non-hydrogen) atoms. The number of nitrogen functional groups attached to an aromatic ring is 1. The number of nitrogens with two attached hydrogens (primary N) is 1. The largest absolute Gasteiger partial charge is 0.383 e. The van der Waals surface area contributed by atoms with Crippen LogP contribution in [-0.2, 0) is 6.54 Å². The molecule has 1 aromatic heterocycles. The predicted molar refractivity (Wildman–Crippen MR) is 60.9 cm³/mol. The third-order valence-corrected chi connectivity index (χ3v) is 3.67. The van der Waals surface area contributed by atoms with E-state index in [0.717, 1.165) is 22.8 Å². The maximum atomic E-state index is 5.84. The van der Waals surface area contributed by atoms with Crippen molar-refractivity contribution in [2.24, 2.45) is 5.92 Å². The fraction of sp³-hybridized carbons (Fsp3) is 0.700. The number of hydrogen-bond donors (Lipinski definition) is 1. The van der Waals surface area contributed by atoms with Crippen LogP contribution in [0.2, 0.25) is 0 Å². The van der Waals surface area contributed by atoms with Crippen molar-refractivity contribution in [2.75, 3.05) is 5.73 Å². The van der Waals surface area contributed by atoms with Gasteiger partial charge in [0.1, 0.15) is 5.82 Å². The second-order valence-electron chi connectivity index (χ2n) is 4.04. The summed E-state index contributed by atoms with van der Waals surface area (Å²) < 4.78 is 2.80. The molecule has 3 nitrogen and oxygen atoms in total. The molecular formula is C10H16BrN3. The molecule has 0 amide bonds. The van der Waals surface area contributed by atoms with Crippen LogP contribution in [0.1, 0.15) is 32.1 Å². The van der Waals surface area contributed by atoms with Crippen molar-refractivity contribution < 1.29 is 0 Å². The van der Waals surface area contributed by atoms with Gasteiger partial charge in [-0.05, 0) is 28.3 Å². The fourth-order valence-electron chi connectivity index (χ4n) is 2.15. The summed E-state index contributed by atoms with van der Waals surface area (Å²) in [5.74, 6) is 1.65. The van der Waals surface area contributed by atoms with Gasteiger partial charge < -0.3 is 5.73 Å². The molecule has 4 heteroatoms. The summed E-state index contributed by atoms with van der Waals surface area (Å²) in [4.78, 5) is 0. The number of anilines is 1. The van der Waals surface area contributed by atoms with Gasteiger partial charge in [0.25, 0.3) is 0 Å². The Morgan fingerprint density at radius 1 is 1.50 bits per heavy atom. The molecule has 0 saturated heterocycles. The highest BCUT2D eigenvalue weighted by Gasteiger charge is 2.15. The monoisotopic (exact) mass is 257 g/mol. The molecular weight excluding hydrogens is 242 g/mol. The van der Waals surface area contributed by atoms with Crippen LogP contribution in [0.15, 0.2) is 10.7 Å². The van der Waals surface area contributed by atoms with Crippen LogP contribution >= 0.6 is 15.9 Å². The number of hydrogen-bond acceptors (Lipinski definition) is 2. The SMILES string of the molecule is Nc1c(Br)cnn1CCC1CCCC1. The lowest BCUT2D eigenvalue weighted by Crippen LogP contribution is -2.08. The maximum Gasteiger partial charge on any atom is 0.136 e. The lowest BCUT2D eigenvalue weighted by molar-refractivity contribution is 0.442. The second kappa shape index (κ2) is 4.34. The number of halogens is 1. The van der Waals surface area contributed by atoms with Gasteiger partial charge in [0.2, 0.25) is 0 Å². The number of nitrogens with zero attached hydrogens (tertiary/aromatic N) is 2. The zero-order chi connectivity index (χ0) is 9.97. The molecule has 78 valence electrons. The van der Waals surface area contributed by atoms with E-state index in [1.807, 2.05) is 4.68 Å². The van der Waals surface area contributed by atoms with Crippen molar-refractivity contribution in [3.8, 4) is 0 Å². The zero-order valence-corrected chi connectivity index (χ0v) is 9.83. The van der Waals surface area contributed by atoms with Crippen LogP contribution < -0.4 is 5.73 Å². The van der Waals surface area contributed by atoms with Crippen molar-refractivity contribution in [2.45, 2.75) is 38.6 Å². The van der Waals surface area contributed by atoms with Gasteiger partial charge in [0.05, 0.1) is 10.7 Å². The predicted octanol–water partition coefficient (Wildman–Crippen LogP) is 2.81. The van der Waals surface area contributed by atoms with Gasteiger partial charge in [-0.3, -0.25) is 0 Å². The van der Waals surface area contributed by atoms with Crippen molar-refractivity contribution in [3.05, 3.63) is 10.7 Å². The summed E-state index contributed by atoms with van der Waals surface area (Å²) in [6, 6.07) is 0. The molecule has 2 rings (SSSR count). The van der Waals surface area contributed by atoms with E-state index in [9.17, 15) is 0 Å². The van der Waals surface area contributed by atoms with E-state index >= 15 is 0 Å². The van der Waals surface area contributed by atoms with Crippen LogP contribution in [0.4, 0.5) is 5.82 Å². The summed E-state index contributed by atoms with van der Waals surface area (Å²) in [7, 11) is 0. The highest BCUT2D eigenvalue weighted by molar-refractivity contribution is 9.10. The quantitative estimate of drug-likeness (QED) is 0.905. The van der Waals surface area contributed by atoms with E-state index in [1.165, 1.54) is 32.1 Å². The minimum atomic E-state index is 0.753. The summed E-state index contributed by atoms with van der Waals surface area (Å²) in [5, 5.41) is 4.22. The van der Waals surface area contributed by atoms with Crippen molar-refractivity contribution in [3.63, 3.8) is 0 Å². The van der Waals surface area contributed by atoms with E-state index in [2.05, 4.69) is 21.0 Å². The van der Waals surface area contributed by atoms with Gasteiger partial charge in [-0.15, -0.1) is 0 Å². The van der Waals surface area contributed by atoms with Gasteiger partial charge in [-0.2, -0.15) is 5.10 Å². The first-order valence-electron chi connectivity index (χ1n) is 5.24. The van der Waals surface area contributed by atoms with Gasteiger partial charge in [0, 0.05) is 6.54 Å². The average molecular weight is 258 g/mol. The topological polar surface area (TPSA) is 43.8 Å². The van der Waals surface area contributed by atoms with Crippen LogP contribution in [-0.4, -0.2) is 9.78 Å². The lowest BCUT2D eigenvalue weighted by atomic mass is 10.0. The average Bonchev–Trinajstić information content (AvgIpc) is 2.77. The molecule has 2 N–H and O–H groups in total. The summed E-state index contributed by atoms with van der Waals surface area (Å²) in [6.07, 6.45) is 8.58. The Kier molecular flexibility index (Phi) is 3.11. The minimum Gasteiger partial charge on any atom is -0.383 e. The van der Waals surface area contributed by atoms with Crippen molar-refractivity contribution in [1.82, 2.24) is 9.78 Å². The van der Waals surface area contributed by atoms with Crippen LogP contribution in [0.25, 0.3) is 0 Å². The minimum absolute atomic E-state index is 0.753. The smallest absolute Gasteiger partial charge is 0.136 e. The molecule has 0 aliphatic heterocycles. The Hall–Kier alpha value is -0.510. The third-order valence-electron chi connectivity index (χ3n) is 3.06. The van der Waals surface area contributed by atoms with E-state index < -0.39 is 0 Å². The van der Waals surface area contributed by atoms with Crippen LogP contribution in [0.3, 0.4) is 0 Å². The van der Waals surface area contributed by atoms with E-state index in [0.29, 0.717) is 0 Å². The molecule has 0 bridgehead atoms. The fourth-order valence-corrected chi connectivity index (χ4v) is 2.45. The summed E-state index contributed by atoms with van der Waals surface area (Å²) in [5.41, 5.74) is 5.84.